The summed E-state index contributed by atoms with van der Waals surface area (Å²) in [7, 11) is 0. The zero-order valence-corrected chi connectivity index (χ0v) is 18.7. The lowest BCUT2D eigenvalue weighted by Crippen LogP contribution is -2.35. The summed E-state index contributed by atoms with van der Waals surface area (Å²) in [5.41, 5.74) is 2.14. The van der Waals surface area contributed by atoms with E-state index in [0.717, 1.165) is 48.1 Å². The summed E-state index contributed by atoms with van der Waals surface area (Å²) in [5, 5.41) is 4.46. The van der Waals surface area contributed by atoms with Crippen LogP contribution in [0.15, 0.2) is 35.4 Å². The molecule has 164 valence electrons. The van der Waals surface area contributed by atoms with Gasteiger partial charge in [0, 0.05) is 17.5 Å². The second-order valence-electron chi connectivity index (χ2n) is 9.13. The monoisotopic (exact) mass is 439 g/mol. The van der Waals surface area contributed by atoms with Crippen LogP contribution in [-0.2, 0) is 25.8 Å². The number of benzene rings is 1. The van der Waals surface area contributed by atoms with Crippen LogP contribution in [-0.4, -0.2) is 22.1 Å². The summed E-state index contributed by atoms with van der Waals surface area (Å²) < 4.78 is 15.7. The van der Waals surface area contributed by atoms with Crippen LogP contribution in [0, 0.1) is 11.7 Å². The van der Waals surface area contributed by atoms with Crippen molar-refractivity contribution in [2.75, 3.05) is 6.54 Å². The Balaban J connectivity index is 1.27. The molecule has 31 heavy (non-hydrogen) atoms. The van der Waals surface area contributed by atoms with Gasteiger partial charge in [-0.15, -0.1) is 11.3 Å². The first-order valence-electron chi connectivity index (χ1n) is 11.7. The Labute approximate surface area is 186 Å². The Morgan fingerprint density at radius 1 is 1.16 bits per heavy atom. The summed E-state index contributed by atoms with van der Waals surface area (Å²) in [6.45, 7) is 1.57. The first-order valence-corrected chi connectivity index (χ1v) is 12.5. The molecule has 2 aliphatic rings. The largest absolute Gasteiger partial charge is 0.313 e. The molecule has 4 nitrogen and oxygen atoms in total. The van der Waals surface area contributed by atoms with Crippen molar-refractivity contribution >= 4 is 21.6 Å². The lowest BCUT2D eigenvalue weighted by Gasteiger charge is -2.24. The van der Waals surface area contributed by atoms with Crippen LogP contribution in [0.1, 0.15) is 54.5 Å². The summed E-state index contributed by atoms with van der Waals surface area (Å²) in [6.07, 6.45) is 11.7. The predicted octanol–water partition coefficient (Wildman–Crippen LogP) is 4.87. The standard InChI is InChI=1S/C25H30FN3OS/c26-21-9-5-4-8-18(21)12-13-27-19-10-11-20-22(14-19)31-24-23(20)25(30)29(16-28-24)15-17-6-2-1-3-7-17/h4-5,8-9,16-17,19,27H,1-3,6-7,10-15H2. The Hall–Kier alpha value is -2.05. The lowest BCUT2D eigenvalue weighted by atomic mass is 9.89. The van der Waals surface area contributed by atoms with E-state index in [-0.39, 0.29) is 11.4 Å². The van der Waals surface area contributed by atoms with E-state index in [1.807, 2.05) is 16.7 Å². The van der Waals surface area contributed by atoms with Crippen molar-refractivity contribution in [1.29, 1.82) is 0 Å². The maximum Gasteiger partial charge on any atom is 0.262 e. The van der Waals surface area contributed by atoms with Gasteiger partial charge in [-0.3, -0.25) is 9.36 Å². The number of fused-ring (bicyclic) bond motifs is 3. The molecule has 0 bridgehead atoms. The van der Waals surface area contributed by atoms with Gasteiger partial charge in [-0.1, -0.05) is 37.5 Å². The SMILES string of the molecule is O=c1c2c3c(sc2ncn1CC1CCCCC1)CC(NCCc1ccccc1F)CC3. The molecule has 1 saturated carbocycles. The smallest absolute Gasteiger partial charge is 0.262 e. The molecule has 1 aromatic carbocycles. The maximum absolute atomic E-state index is 13.8. The van der Waals surface area contributed by atoms with Gasteiger partial charge in [0.15, 0.2) is 0 Å². The van der Waals surface area contributed by atoms with Crippen molar-refractivity contribution in [3.8, 4) is 0 Å². The van der Waals surface area contributed by atoms with E-state index in [9.17, 15) is 9.18 Å². The first kappa shape index (κ1) is 20.8. The number of nitrogens with one attached hydrogen (secondary N) is 1. The van der Waals surface area contributed by atoms with Crippen LogP contribution < -0.4 is 10.9 Å². The highest BCUT2D eigenvalue weighted by molar-refractivity contribution is 7.18. The molecule has 0 aliphatic heterocycles. The number of halogens is 1. The number of aromatic nitrogens is 2. The maximum atomic E-state index is 13.8. The fourth-order valence-corrected chi connectivity index (χ4v) is 6.52. The second-order valence-corrected chi connectivity index (χ2v) is 10.2. The van der Waals surface area contributed by atoms with Gasteiger partial charge >= 0.3 is 0 Å². The normalized spacial score (nSPS) is 19.6. The Bertz CT molecular complexity index is 1120. The average molecular weight is 440 g/mol. The minimum absolute atomic E-state index is 0.129. The molecule has 3 aromatic rings. The molecule has 2 aromatic heterocycles. The van der Waals surface area contributed by atoms with Crippen molar-refractivity contribution in [1.82, 2.24) is 14.9 Å². The molecular weight excluding hydrogens is 409 g/mol. The van der Waals surface area contributed by atoms with E-state index in [2.05, 4.69) is 10.3 Å². The number of rotatable bonds is 6. The zero-order valence-electron chi connectivity index (χ0n) is 17.9. The quantitative estimate of drug-likeness (QED) is 0.596. The first-order chi connectivity index (χ1) is 15.2. The molecule has 6 heteroatoms. The molecule has 0 saturated heterocycles. The third-order valence-corrected chi connectivity index (χ3v) is 8.16. The summed E-state index contributed by atoms with van der Waals surface area (Å²) in [5.74, 6) is 0.485. The van der Waals surface area contributed by atoms with Crippen LogP contribution in [0.2, 0.25) is 0 Å². The Morgan fingerprint density at radius 2 is 2.00 bits per heavy atom. The molecule has 0 amide bonds. The van der Waals surface area contributed by atoms with Crippen LogP contribution in [0.25, 0.3) is 10.2 Å². The minimum Gasteiger partial charge on any atom is -0.313 e. The number of aryl methyl sites for hydroxylation is 1. The topological polar surface area (TPSA) is 46.9 Å². The summed E-state index contributed by atoms with van der Waals surface area (Å²) >= 11 is 1.68. The number of hydrogen-bond acceptors (Lipinski definition) is 4. The van der Waals surface area contributed by atoms with Gasteiger partial charge in [0.2, 0.25) is 0 Å². The molecule has 1 N–H and O–H groups in total. The molecule has 2 heterocycles. The Kier molecular flexibility index (Phi) is 6.19. The van der Waals surface area contributed by atoms with Crippen molar-refractivity contribution in [3.05, 3.63) is 62.8 Å². The molecule has 0 radical (unpaired) electrons. The fourth-order valence-electron chi connectivity index (χ4n) is 5.27. The van der Waals surface area contributed by atoms with Crippen molar-refractivity contribution in [2.24, 2.45) is 5.92 Å². The van der Waals surface area contributed by atoms with Gasteiger partial charge in [-0.2, -0.15) is 0 Å². The van der Waals surface area contributed by atoms with E-state index in [1.54, 1.807) is 23.7 Å². The summed E-state index contributed by atoms with van der Waals surface area (Å²) in [4.78, 5) is 20.1. The molecular formula is C25H30FN3OS. The van der Waals surface area contributed by atoms with Crippen molar-refractivity contribution in [2.45, 2.75) is 70.4 Å². The van der Waals surface area contributed by atoms with Gasteiger partial charge in [-0.25, -0.2) is 9.37 Å². The van der Waals surface area contributed by atoms with Gasteiger partial charge in [-0.05, 0) is 68.2 Å². The van der Waals surface area contributed by atoms with Crippen LogP contribution in [0.5, 0.6) is 0 Å². The average Bonchev–Trinajstić information content (AvgIpc) is 3.16. The highest BCUT2D eigenvalue weighted by Gasteiger charge is 2.25. The number of hydrogen-bond donors (Lipinski definition) is 1. The second kappa shape index (κ2) is 9.21. The highest BCUT2D eigenvalue weighted by atomic mass is 32.1. The molecule has 1 fully saturated rings. The van der Waals surface area contributed by atoms with Crippen LogP contribution >= 0.6 is 11.3 Å². The van der Waals surface area contributed by atoms with Gasteiger partial charge in [0.1, 0.15) is 10.6 Å². The van der Waals surface area contributed by atoms with E-state index >= 15 is 0 Å². The van der Waals surface area contributed by atoms with E-state index in [1.165, 1.54) is 48.6 Å². The van der Waals surface area contributed by atoms with Crippen LogP contribution in [0.4, 0.5) is 4.39 Å². The molecule has 5 rings (SSSR count). The van der Waals surface area contributed by atoms with Gasteiger partial charge < -0.3 is 5.32 Å². The van der Waals surface area contributed by atoms with Gasteiger partial charge in [0.25, 0.3) is 5.56 Å². The summed E-state index contributed by atoms with van der Waals surface area (Å²) in [6, 6.07) is 7.36. The molecule has 1 atom stereocenters. The lowest BCUT2D eigenvalue weighted by molar-refractivity contribution is 0.315. The molecule has 0 spiro atoms. The molecule has 2 aliphatic carbocycles. The number of thiophene rings is 1. The van der Waals surface area contributed by atoms with Gasteiger partial charge in [0.05, 0.1) is 11.7 Å². The Morgan fingerprint density at radius 3 is 2.84 bits per heavy atom. The highest BCUT2D eigenvalue weighted by Crippen LogP contribution is 2.34. The fraction of sp³-hybridized carbons (Fsp3) is 0.520. The zero-order chi connectivity index (χ0) is 21.2. The third-order valence-electron chi connectivity index (χ3n) is 7.00. The van der Waals surface area contributed by atoms with Crippen molar-refractivity contribution in [3.63, 3.8) is 0 Å². The van der Waals surface area contributed by atoms with Crippen molar-refractivity contribution < 1.29 is 4.39 Å². The molecule has 1 unspecified atom stereocenters. The minimum atomic E-state index is -0.129. The van der Waals surface area contributed by atoms with E-state index < -0.39 is 0 Å². The van der Waals surface area contributed by atoms with E-state index in [0.29, 0.717) is 18.4 Å². The predicted molar refractivity (Wildman–Crippen MR) is 124 cm³/mol. The third kappa shape index (κ3) is 4.46. The van der Waals surface area contributed by atoms with E-state index in [4.69, 9.17) is 0 Å². The van der Waals surface area contributed by atoms with Crippen LogP contribution in [0.3, 0.4) is 0 Å². The number of nitrogens with zero attached hydrogens (tertiary/aromatic N) is 2.